The predicted octanol–water partition coefficient (Wildman–Crippen LogP) is 2.02. The van der Waals surface area contributed by atoms with E-state index >= 15 is 0 Å². The Morgan fingerprint density at radius 3 is 2.64 bits per heavy atom. The highest BCUT2D eigenvalue weighted by Gasteiger charge is 2.15. The monoisotopic (exact) mass is 217 g/mol. The van der Waals surface area contributed by atoms with Crippen molar-refractivity contribution in [3.05, 3.63) is 0 Å². The summed E-state index contributed by atoms with van der Waals surface area (Å²) >= 11 is 2.10. The number of hydrogen-bond acceptors (Lipinski definition) is 3. The summed E-state index contributed by atoms with van der Waals surface area (Å²) in [6.07, 6.45) is 7.96. The van der Waals surface area contributed by atoms with Crippen LogP contribution in [-0.4, -0.2) is 35.8 Å². The van der Waals surface area contributed by atoms with Crippen LogP contribution < -0.4 is 5.32 Å². The van der Waals surface area contributed by atoms with Crippen LogP contribution in [0.5, 0.6) is 0 Å². The molecule has 14 heavy (non-hydrogen) atoms. The molecule has 0 radical (unpaired) electrons. The van der Waals surface area contributed by atoms with Crippen LogP contribution in [-0.2, 0) is 0 Å². The maximum Gasteiger partial charge on any atom is 0.0446 e. The Hall–Kier alpha value is 0.270. The van der Waals surface area contributed by atoms with Crippen LogP contribution in [0.25, 0.3) is 0 Å². The molecule has 1 saturated carbocycles. The topological polar surface area (TPSA) is 32.3 Å². The Balaban J connectivity index is 2.10. The van der Waals surface area contributed by atoms with Gasteiger partial charge in [-0.15, -0.1) is 0 Å². The normalized spacial score (nSPS) is 21.0. The number of nitrogens with one attached hydrogen (secondary N) is 1. The highest BCUT2D eigenvalue weighted by molar-refractivity contribution is 7.99. The Bertz CT molecular complexity index is 132. The molecule has 0 aromatic carbocycles. The summed E-state index contributed by atoms with van der Waals surface area (Å²) in [4.78, 5) is 0. The average Bonchev–Trinajstić information content (AvgIpc) is 2.25. The summed E-state index contributed by atoms with van der Waals surface area (Å²) in [5.41, 5.74) is 0. The largest absolute Gasteiger partial charge is 0.396 e. The van der Waals surface area contributed by atoms with Crippen molar-refractivity contribution < 1.29 is 5.11 Å². The number of rotatable bonds is 6. The van der Waals surface area contributed by atoms with E-state index in [1.54, 1.807) is 0 Å². The number of thioether (sulfide) groups is 1. The molecule has 0 heterocycles. The van der Waals surface area contributed by atoms with E-state index in [1.165, 1.54) is 32.1 Å². The standard InChI is InChI=1S/C11H23NOS/c1-12-10(7-8-13)9-14-11-5-3-2-4-6-11/h10-13H,2-9H2,1H3. The molecule has 1 aliphatic rings. The molecule has 1 atom stereocenters. The Kier molecular flexibility index (Phi) is 6.65. The minimum absolute atomic E-state index is 0.302. The summed E-state index contributed by atoms with van der Waals surface area (Å²) in [7, 11) is 1.99. The SMILES string of the molecule is CNC(CCO)CSC1CCCCC1. The van der Waals surface area contributed by atoms with Crippen molar-refractivity contribution in [2.24, 2.45) is 0 Å². The van der Waals surface area contributed by atoms with Gasteiger partial charge in [-0.05, 0) is 26.3 Å². The Labute approximate surface area is 91.9 Å². The van der Waals surface area contributed by atoms with Gasteiger partial charge < -0.3 is 10.4 Å². The van der Waals surface area contributed by atoms with Crippen LogP contribution in [0.2, 0.25) is 0 Å². The zero-order valence-electron chi connectivity index (χ0n) is 9.17. The van der Waals surface area contributed by atoms with Crippen LogP contribution in [0.4, 0.5) is 0 Å². The van der Waals surface area contributed by atoms with E-state index < -0.39 is 0 Å². The lowest BCUT2D eigenvalue weighted by atomic mass is 10.0. The molecule has 3 heteroatoms. The van der Waals surface area contributed by atoms with Gasteiger partial charge in [-0.2, -0.15) is 11.8 Å². The van der Waals surface area contributed by atoms with Crippen LogP contribution in [0.1, 0.15) is 38.5 Å². The fourth-order valence-electron chi connectivity index (χ4n) is 1.95. The van der Waals surface area contributed by atoms with Gasteiger partial charge >= 0.3 is 0 Å². The lowest BCUT2D eigenvalue weighted by Crippen LogP contribution is -2.29. The minimum Gasteiger partial charge on any atom is -0.396 e. The first-order valence-electron chi connectivity index (χ1n) is 5.76. The Morgan fingerprint density at radius 1 is 1.36 bits per heavy atom. The van der Waals surface area contributed by atoms with Crippen molar-refractivity contribution in [3.63, 3.8) is 0 Å². The van der Waals surface area contributed by atoms with E-state index in [0.717, 1.165) is 17.4 Å². The van der Waals surface area contributed by atoms with Crippen molar-refractivity contribution >= 4 is 11.8 Å². The van der Waals surface area contributed by atoms with E-state index in [-0.39, 0.29) is 0 Å². The van der Waals surface area contributed by atoms with Crippen molar-refractivity contribution in [1.29, 1.82) is 0 Å². The van der Waals surface area contributed by atoms with Gasteiger partial charge in [-0.1, -0.05) is 19.3 Å². The van der Waals surface area contributed by atoms with Crippen molar-refractivity contribution in [3.8, 4) is 0 Å². The fourth-order valence-corrected chi connectivity index (χ4v) is 3.46. The van der Waals surface area contributed by atoms with Gasteiger partial charge in [0.05, 0.1) is 0 Å². The zero-order chi connectivity index (χ0) is 10.2. The van der Waals surface area contributed by atoms with Crippen molar-refractivity contribution in [1.82, 2.24) is 5.32 Å². The third kappa shape index (κ3) is 4.67. The molecule has 1 unspecified atom stereocenters. The average molecular weight is 217 g/mol. The smallest absolute Gasteiger partial charge is 0.0446 e. The highest BCUT2D eigenvalue weighted by Crippen LogP contribution is 2.28. The molecule has 0 saturated heterocycles. The van der Waals surface area contributed by atoms with Crippen LogP contribution >= 0.6 is 11.8 Å². The van der Waals surface area contributed by atoms with Gasteiger partial charge in [0.15, 0.2) is 0 Å². The van der Waals surface area contributed by atoms with E-state index in [9.17, 15) is 0 Å². The summed E-state index contributed by atoms with van der Waals surface area (Å²) in [6.45, 7) is 0.302. The van der Waals surface area contributed by atoms with Gasteiger partial charge in [-0.25, -0.2) is 0 Å². The molecule has 2 nitrogen and oxygen atoms in total. The van der Waals surface area contributed by atoms with E-state index in [1.807, 2.05) is 7.05 Å². The molecular formula is C11H23NOS. The number of aliphatic hydroxyl groups excluding tert-OH is 1. The molecule has 0 bridgehead atoms. The molecule has 2 N–H and O–H groups in total. The maximum atomic E-state index is 8.86. The van der Waals surface area contributed by atoms with Gasteiger partial charge in [0.1, 0.15) is 0 Å². The second-order valence-electron chi connectivity index (χ2n) is 4.09. The molecule has 0 aromatic rings. The fraction of sp³-hybridized carbons (Fsp3) is 1.00. The summed E-state index contributed by atoms with van der Waals surface area (Å²) in [5.74, 6) is 1.15. The summed E-state index contributed by atoms with van der Waals surface area (Å²) < 4.78 is 0. The third-order valence-electron chi connectivity index (χ3n) is 2.97. The summed E-state index contributed by atoms with van der Waals surface area (Å²) in [6, 6.07) is 0.493. The van der Waals surface area contributed by atoms with Gasteiger partial charge in [0, 0.05) is 23.7 Å². The van der Waals surface area contributed by atoms with E-state index in [0.29, 0.717) is 12.6 Å². The zero-order valence-corrected chi connectivity index (χ0v) is 9.98. The lowest BCUT2D eigenvalue weighted by Gasteiger charge is -2.23. The van der Waals surface area contributed by atoms with Crippen LogP contribution in [0.15, 0.2) is 0 Å². The number of hydrogen-bond donors (Lipinski definition) is 2. The first-order valence-corrected chi connectivity index (χ1v) is 6.81. The first-order chi connectivity index (χ1) is 6.86. The molecule has 1 rings (SSSR count). The molecular weight excluding hydrogens is 194 g/mol. The number of aliphatic hydroxyl groups is 1. The van der Waals surface area contributed by atoms with Gasteiger partial charge in [-0.3, -0.25) is 0 Å². The quantitative estimate of drug-likeness (QED) is 0.714. The second-order valence-corrected chi connectivity index (χ2v) is 5.42. The maximum absolute atomic E-state index is 8.86. The predicted molar refractivity (Wildman–Crippen MR) is 63.9 cm³/mol. The van der Waals surface area contributed by atoms with Crippen LogP contribution in [0.3, 0.4) is 0 Å². The molecule has 84 valence electrons. The minimum atomic E-state index is 0.302. The van der Waals surface area contributed by atoms with Crippen LogP contribution in [0, 0.1) is 0 Å². The van der Waals surface area contributed by atoms with Crippen molar-refractivity contribution in [2.45, 2.75) is 49.8 Å². The molecule has 1 aliphatic carbocycles. The molecule has 0 aliphatic heterocycles. The Morgan fingerprint density at radius 2 is 2.07 bits per heavy atom. The van der Waals surface area contributed by atoms with E-state index in [2.05, 4.69) is 17.1 Å². The van der Waals surface area contributed by atoms with Gasteiger partial charge in [0.2, 0.25) is 0 Å². The summed E-state index contributed by atoms with van der Waals surface area (Å²) in [5, 5.41) is 13.0. The highest BCUT2D eigenvalue weighted by atomic mass is 32.2. The lowest BCUT2D eigenvalue weighted by molar-refractivity contribution is 0.273. The van der Waals surface area contributed by atoms with Gasteiger partial charge in [0.25, 0.3) is 0 Å². The van der Waals surface area contributed by atoms with Crippen molar-refractivity contribution in [2.75, 3.05) is 19.4 Å². The van der Waals surface area contributed by atoms with E-state index in [4.69, 9.17) is 5.11 Å². The third-order valence-corrected chi connectivity index (χ3v) is 4.51. The second kappa shape index (κ2) is 7.55. The molecule has 1 fully saturated rings. The molecule has 0 amide bonds. The molecule has 0 spiro atoms. The first kappa shape index (κ1) is 12.3. The molecule has 0 aromatic heterocycles.